The Morgan fingerprint density at radius 1 is 1.21 bits per heavy atom. The topological polar surface area (TPSA) is 52.7 Å². The zero-order valence-electron chi connectivity index (χ0n) is 16.3. The number of hydrogen-bond acceptors (Lipinski definition) is 3. The minimum Gasteiger partial charge on any atom is -0.309 e. The number of nitrogens with one attached hydrogen (secondary N) is 1. The molecule has 0 bridgehead atoms. The summed E-state index contributed by atoms with van der Waals surface area (Å²) in [6.07, 6.45) is 0. The molecule has 2 aliphatic rings. The molecule has 5 nitrogen and oxygen atoms in total. The van der Waals surface area contributed by atoms with E-state index in [1.807, 2.05) is 20.8 Å². The molecule has 152 valence electrons. The van der Waals surface area contributed by atoms with E-state index in [-0.39, 0.29) is 18.1 Å². The molecule has 0 aromatic heterocycles. The number of carbonyl (C=O) groups excluding carboxylic acids is 2. The van der Waals surface area contributed by atoms with E-state index in [1.54, 1.807) is 17.0 Å². The van der Waals surface area contributed by atoms with Crippen LogP contribution in [0.4, 0.5) is 25.0 Å². The zero-order valence-corrected chi connectivity index (χ0v) is 17.1. The van der Waals surface area contributed by atoms with Crippen molar-refractivity contribution < 1.29 is 18.4 Å². The van der Waals surface area contributed by atoms with Gasteiger partial charge in [0.25, 0.3) is 5.91 Å². The summed E-state index contributed by atoms with van der Waals surface area (Å²) < 4.78 is 27.8. The van der Waals surface area contributed by atoms with Crippen molar-refractivity contribution in [2.24, 2.45) is 0 Å². The molecule has 29 heavy (non-hydrogen) atoms. The van der Waals surface area contributed by atoms with Gasteiger partial charge >= 0.3 is 6.03 Å². The van der Waals surface area contributed by atoms with Gasteiger partial charge in [0.2, 0.25) is 0 Å². The van der Waals surface area contributed by atoms with Crippen LogP contribution in [0.15, 0.2) is 42.5 Å². The third-order valence-corrected chi connectivity index (χ3v) is 6.76. The number of amides is 3. The van der Waals surface area contributed by atoms with Crippen LogP contribution < -0.4 is 10.2 Å². The SMILES string of the molecule is CCN1C(=O)[C@@]2(SC(C)(C)CN2C(=O)Nc2ccccc2F)c2cc(F)ccc21. The van der Waals surface area contributed by atoms with E-state index in [4.69, 9.17) is 0 Å². The Kier molecular flexibility index (Phi) is 4.57. The maximum atomic E-state index is 14.2. The number of para-hydroxylation sites is 1. The average Bonchev–Trinajstić information content (AvgIpc) is 3.08. The largest absolute Gasteiger partial charge is 0.323 e. The van der Waals surface area contributed by atoms with Crippen molar-refractivity contribution in [3.05, 3.63) is 59.7 Å². The van der Waals surface area contributed by atoms with Gasteiger partial charge in [-0.3, -0.25) is 9.69 Å². The van der Waals surface area contributed by atoms with Gasteiger partial charge in [0.05, 0.1) is 11.4 Å². The zero-order chi connectivity index (χ0) is 21.0. The summed E-state index contributed by atoms with van der Waals surface area (Å²) in [7, 11) is 0. The Morgan fingerprint density at radius 3 is 2.62 bits per heavy atom. The van der Waals surface area contributed by atoms with Crippen molar-refractivity contribution in [3.8, 4) is 0 Å². The van der Waals surface area contributed by atoms with E-state index < -0.39 is 27.3 Å². The van der Waals surface area contributed by atoms with Gasteiger partial charge in [0, 0.05) is 23.4 Å². The fourth-order valence-corrected chi connectivity index (χ4v) is 5.76. The van der Waals surface area contributed by atoms with Crippen LogP contribution in [0, 0.1) is 11.6 Å². The van der Waals surface area contributed by atoms with E-state index in [2.05, 4.69) is 5.32 Å². The van der Waals surface area contributed by atoms with E-state index in [0.29, 0.717) is 17.8 Å². The Hall–Kier alpha value is -2.61. The summed E-state index contributed by atoms with van der Waals surface area (Å²) in [5.41, 5.74) is 1.07. The Morgan fingerprint density at radius 2 is 1.93 bits per heavy atom. The van der Waals surface area contributed by atoms with Crippen molar-refractivity contribution in [1.29, 1.82) is 0 Å². The van der Waals surface area contributed by atoms with Crippen LogP contribution in [0.1, 0.15) is 26.3 Å². The summed E-state index contributed by atoms with van der Waals surface area (Å²) in [4.78, 5) is 28.3. The summed E-state index contributed by atoms with van der Waals surface area (Å²) in [6.45, 7) is 6.33. The summed E-state index contributed by atoms with van der Waals surface area (Å²) in [5.74, 6) is -1.34. The van der Waals surface area contributed by atoms with Crippen molar-refractivity contribution >= 4 is 35.1 Å². The number of hydrogen-bond donors (Lipinski definition) is 1. The molecule has 1 spiro atoms. The molecule has 1 saturated heterocycles. The maximum Gasteiger partial charge on any atom is 0.323 e. The molecule has 0 aliphatic carbocycles. The lowest BCUT2D eigenvalue weighted by Gasteiger charge is -2.33. The molecule has 2 aromatic rings. The quantitative estimate of drug-likeness (QED) is 0.780. The van der Waals surface area contributed by atoms with Crippen molar-refractivity contribution in [2.75, 3.05) is 23.3 Å². The Bertz CT molecular complexity index is 1010. The highest BCUT2D eigenvalue weighted by atomic mass is 32.2. The predicted molar refractivity (Wildman–Crippen MR) is 110 cm³/mol. The van der Waals surface area contributed by atoms with Crippen LogP contribution in [-0.4, -0.2) is 34.7 Å². The van der Waals surface area contributed by atoms with Crippen molar-refractivity contribution in [3.63, 3.8) is 0 Å². The Labute approximate surface area is 172 Å². The maximum absolute atomic E-state index is 14.2. The van der Waals surface area contributed by atoms with Gasteiger partial charge in [-0.25, -0.2) is 13.6 Å². The molecule has 1 atom stereocenters. The molecular weight excluding hydrogens is 396 g/mol. The highest BCUT2D eigenvalue weighted by Crippen LogP contribution is 2.59. The van der Waals surface area contributed by atoms with Crippen LogP contribution in [0.2, 0.25) is 0 Å². The van der Waals surface area contributed by atoms with Gasteiger partial charge in [-0.1, -0.05) is 12.1 Å². The number of urea groups is 1. The summed E-state index contributed by atoms with van der Waals surface area (Å²) in [5, 5.41) is 2.57. The minimum atomic E-state index is -1.40. The van der Waals surface area contributed by atoms with Crippen LogP contribution in [0.25, 0.3) is 0 Å². The highest BCUT2D eigenvalue weighted by molar-refractivity contribution is 8.02. The number of nitrogens with zero attached hydrogens (tertiary/aromatic N) is 2. The van der Waals surface area contributed by atoms with E-state index in [0.717, 1.165) is 0 Å². The second-order valence-corrected chi connectivity index (χ2v) is 9.61. The first kappa shape index (κ1) is 19.7. The number of rotatable bonds is 2. The number of anilines is 2. The molecule has 0 saturated carbocycles. The molecule has 0 radical (unpaired) electrons. The first-order valence-corrected chi connectivity index (χ1v) is 10.2. The molecule has 4 rings (SSSR count). The lowest BCUT2D eigenvalue weighted by Crippen LogP contribution is -2.51. The smallest absolute Gasteiger partial charge is 0.309 e. The summed E-state index contributed by atoms with van der Waals surface area (Å²) in [6, 6.07) is 9.44. The van der Waals surface area contributed by atoms with Gasteiger partial charge < -0.3 is 10.2 Å². The number of fused-ring (bicyclic) bond motifs is 2. The van der Waals surface area contributed by atoms with Crippen molar-refractivity contribution in [1.82, 2.24) is 4.90 Å². The third kappa shape index (κ3) is 2.97. The molecule has 3 amide bonds. The van der Waals surface area contributed by atoms with E-state index in [1.165, 1.54) is 47.0 Å². The average molecular weight is 417 g/mol. The number of benzene rings is 2. The van der Waals surface area contributed by atoms with Crippen LogP contribution >= 0.6 is 11.8 Å². The summed E-state index contributed by atoms with van der Waals surface area (Å²) >= 11 is 1.32. The van der Waals surface area contributed by atoms with Gasteiger partial charge in [0.1, 0.15) is 11.6 Å². The molecule has 8 heteroatoms. The van der Waals surface area contributed by atoms with Crippen LogP contribution in [-0.2, 0) is 9.67 Å². The second-order valence-electron chi connectivity index (χ2n) is 7.71. The van der Waals surface area contributed by atoms with Crippen LogP contribution in [0.5, 0.6) is 0 Å². The fourth-order valence-electron chi connectivity index (χ4n) is 4.04. The number of likely N-dealkylation sites (N-methyl/N-ethyl adjacent to an activating group) is 1. The highest BCUT2D eigenvalue weighted by Gasteiger charge is 2.63. The molecule has 0 unspecified atom stereocenters. The van der Waals surface area contributed by atoms with Gasteiger partial charge in [-0.15, -0.1) is 11.8 Å². The molecule has 1 N–H and O–H groups in total. The molecule has 2 aliphatic heterocycles. The lowest BCUT2D eigenvalue weighted by molar-refractivity contribution is -0.123. The van der Waals surface area contributed by atoms with Gasteiger partial charge in [-0.2, -0.15) is 0 Å². The molecule has 1 fully saturated rings. The molecule has 2 heterocycles. The number of carbonyl (C=O) groups is 2. The first-order chi connectivity index (χ1) is 13.7. The first-order valence-electron chi connectivity index (χ1n) is 9.35. The number of thioether (sulfide) groups is 1. The van der Waals surface area contributed by atoms with Crippen LogP contribution in [0.3, 0.4) is 0 Å². The monoisotopic (exact) mass is 417 g/mol. The minimum absolute atomic E-state index is 0.0274. The predicted octanol–water partition coefficient (Wildman–Crippen LogP) is 4.54. The van der Waals surface area contributed by atoms with Gasteiger partial charge in [0.15, 0.2) is 4.87 Å². The second kappa shape index (κ2) is 6.73. The lowest BCUT2D eigenvalue weighted by atomic mass is 10.0. The standard InChI is InChI=1S/C21H21F2N3O2S/c1-4-25-17-10-9-13(22)11-14(17)21(18(25)27)26(12-20(2,3)29-21)19(28)24-16-8-6-5-7-15(16)23/h5-11H,4,12H2,1-3H3,(H,24,28)/t21-/m0/s1. The number of halogens is 2. The normalized spacial score (nSPS) is 22.3. The van der Waals surface area contributed by atoms with E-state index in [9.17, 15) is 18.4 Å². The van der Waals surface area contributed by atoms with Gasteiger partial charge in [-0.05, 0) is 51.1 Å². The van der Waals surface area contributed by atoms with Crippen molar-refractivity contribution in [2.45, 2.75) is 30.4 Å². The van der Waals surface area contributed by atoms with E-state index >= 15 is 0 Å². The Balaban J connectivity index is 1.82. The molecule has 2 aromatic carbocycles. The fraction of sp³-hybridized carbons (Fsp3) is 0.333. The third-order valence-electron chi connectivity index (χ3n) is 5.17. The molecular formula is C21H21F2N3O2S.